The molecule has 4 saturated carbocycles. The first kappa shape index (κ1) is 20.9. The highest BCUT2D eigenvalue weighted by Gasteiger charge is 2.77. The van der Waals surface area contributed by atoms with Gasteiger partial charge in [-0.3, -0.25) is 0 Å². The van der Waals surface area contributed by atoms with Crippen LogP contribution in [-0.2, 0) is 4.74 Å². The minimum Gasteiger partial charge on any atom is -0.389 e. The molecule has 5 aliphatic carbocycles. The zero-order valence-electron chi connectivity index (χ0n) is 20.8. The fourth-order valence-electron chi connectivity index (χ4n) is 11.1. The number of rotatable bonds is 0. The third kappa shape index (κ3) is 2.49. The van der Waals surface area contributed by atoms with Crippen molar-refractivity contribution in [3.05, 3.63) is 11.6 Å². The quantitative estimate of drug-likeness (QED) is 0.492. The lowest BCUT2D eigenvalue weighted by Crippen LogP contribution is -2.49. The van der Waals surface area contributed by atoms with Crippen LogP contribution in [0.3, 0.4) is 0 Å². The van der Waals surface area contributed by atoms with E-state index in [0.717, 1.165) is 30.1 Å². The molecule has 12 atom stereocenters. The number of nitrogens with one attached hydrogen (secondary N) is 1. The summed E-state index contributed by atoms with van der Waals surface area (Å²) in [7, 11) is 0. The minimum absolute atomic E-state index is 0.114. The molecule has 2 heterocycles. The smallest absolute Gasteiger partial charge is 0.0742 e. The van der Waals surface area contributed by atoms with Crippen LogP contribution in [0.4, 0.5) is 0 Å². The van der Waals surface area contributed by atoms with E-state index in [4.69, 9.17) is 4.74 Å². The molecule has 2 N–H and O–H groups in total. The van der Waals surface area contributed by atoms with Crippen molar-refractivity contribution in [3.8, 4) is 0 Å². The van der Waals surface area contributed by atoms with Crippen molar-refractivity contribution in [1.29, 1.82) is 0 Å². The van der Waals surface area contributed by atoms with Gasteiger partial charge in [0.25, 0.3) is 0 Å². The van der Waals surface area contributed by atoms with Crippen LogP contribution in [0.5, 0.6) is 0 Å². The first-order chi connectivity index (χ1) is 15.2. The maximum absolute atomic E-state index is 10.3. The Morgan fingerprint density at radius 2 is 1.91 bits per heavy atom. The van der Waals surface area contributed by atoms with Gasteiger partial charge in [0.2, 0.25) is 0 Å². The van der Waals surface area contributed by atoms with Gasteiger partial charge < -0.3 is 15.2 Å². The van der Waals surface area contributed by atoms with Gasteiger partial charge in [0, 0.05) is 12.0 Å². The van der Waals surface area contributed by atoms with E-state index in [9.17, 15) is 5.11 Å². The second kappa shape index (κ2) is 6.43. The van der Waals surface area contributed by atoms with Crippen LogP contribution in [0.2, 0.25) is 0 Å². The van der Waals surface area contributed by atoms with E-state index in [0.29, 0.717) is 34.3 Å². The predicted octanol–water partition coefficient (Wildman–Crippen LogP) is 5.47. The summed E-state index contributed by atoms with van der Waals surface area (Å²) in [6, 6.07) is 0.574. The number of allylic oxidation sites excluding steroid dienone is 1. The lowest BCUT2D eigenvalue weighted by Gasteiger charge is -2.49. The molecule has 0 amide bonds. The number of piperidine rings is 1. The fourth-order valence-corrected chi connectivity index (χ4v) is 11.1. The molecule has 7 aliphatic rings. The molecule has 3 heteroatoms. The lowest BCUT2D eigenvalue weighted by molar-refractivity contribution is -0.0856. The van der Waals surface area contributed by atoms with Crippen LogP contribution in [0.15, 0.2) is 11.6 Å². The maximum Gasteiger partial charge on any atom is 0.0742 e. The highest BCUT2D eigenvalue weighted by Crippen LogP contribution is 2.83. The van der Waals surface area contributed by atoms with E-state index in [1.807, 2.05) is 0 Å². The topological polar surface area (TPSA) is 41.5 Å². The van der Waals surface area contributed by atoms with Crippen LogP contribution in [0.1, 0.15) is 91.9 Å². The highest BCUT2D eigenvalue weighted by molar-refractivity contribution is 5.31. The average Bonchev–Trinajstić information content (AvgIpc) is 3.06. The summed E-state index contributed by atoms with van der Waals surface area (Å²) in [6.07, 6.45) is 15.4. The van der Waals surface area contributed by atoms with E-state index >= 15 is 0 Å². The van der Waals surface area contributed by atoms with Crippen molar-refractivity contribution >= 4 is 0 Å². The zero-order valence-corrected chi connectivity index (χ0v) is 20.8. The van der Waals surface area contributed by atoms with Crippen molar-refractivity contribution in [2.75, 3.05) is 6.54 Å². The van der Waals surface area contributed by atoms with E-state index in [1.165, 1.54) is 64.3 Å². The molecule has 178 valence electrons. The Bertz CT molecular complexity index is 854. The van der Waals surface area contributed by atoms with Gasteiger partial charge in [-0.15, -0.1) is 0 Å². The molecule has 0 aromatic carbocycles. The third-order valence-corrected chi connectivity index (χ3v) is 12.8. The molecule has 0 bridgehead atoms. The van der Waals surface area contributed by atoms with Gasteiger partial charge in [-0.1, -0.05) is 39.3 Å². The van der Waals surface area contributed by atoms with Gasteiger partial charge >= 0.3 is 0 Å². The molecule has 2 unspecified atom stereocenters. The Labute approximate surface area is 195 Å². The Balaban J connectivity index is 1.20. The summed E-state index contributed by atoms with van der Waals surface area (Å²) in [5, 5.41) is 14.2. The van der Waals surface area contributed by atoms with Crippen LogP contribution in [0, 0.1) is 45.8 Å². The van der Waals surface area contributed by atoms with Crippen LogP contribution in [0.25, 0.3) is 0 Å². The van der Waals surface area contributed by atoms with Crippen molar-refractivity contribution in [2.24, 2.45) is 45.8 Å². The minimum atomic E-state index is -0.188. The SMILES string of the molecule is C[C@@H]1CN[C@H]2[C@@H](C)[C@@]3(CC[C@H]4[C@@H]5CCC6=C[C@@H](O)CC[C@]6(C)[C@H]5CC45CC5(C)C3)O[C@@H]2C1. The first-order valence-electron chi connectivity index (χ1n) is 14.0. The van der Waals surface area contributed by atoms with Crippen molar-refractivity contribution in [1.82, 2.24) is 5.32 Å². The highest BCUT2D eigenvalue weighted by atomic mass is 16.5. The lowest BCUT2D eigenvalue weighted by atomic mass is 9.56. The molecule has 3 nitrogen and oxygen atoms in total. The number of fused-ring (bicyclic) bond motifs is 5. The Morgan fingerprint density at radius 3 is 2.75 bits per heavy atom. The van der Waals surface area contributed by atoms with E-state index in [-0.39, 0.29) is 11.7 Å². The molecular weight excluding hydrogens is 394 g/mol. The van der Waals surface area contributed by atoms with Crippen LogP contribution >= 0.6 is 0 Å². The molecule has 0 radical (unpaired) electrons. The Morgan fingerprint density at radius 1 is 1.06 bits per heavy atom. The molecule has 0 aromatic rings. The summed E-state index contributed by atoms with van der Waals surface area (Å²) in [5.74, 6) is 4.05. The molecule has 6 fully saturated rings. The summed E-state index contributed by atoms with van der Waals surface area (Å²) >= 11 is 0. The van der Waals surface area contributed by atoms with Gasteiger partial charge in [-0.2, -0.15) is 0 Å². The normalized spacial score (nSPS) is 62.8. The standard InChI is InChI=1S/C29H45NO2/c1-17-11-24-25(30-14-17)18(2)29(32-24)10-8-22-21-6-5-19-12-20(31)7-9-27(19,4)23(21)13-28(22)15-26(28,3)16-29/h12,17-18,20-25,30-31H,5-11,13-16H2,1-4H3/t17-,18+,20-,21-,22-,23-,24+,25-,26?,27-,28?,29-/m0/s1. The van der Waals surface area contributed by atoms with Crippen LogP contribution in [-0.4, -0.2) is 35.5 Å². The molecule has 32 heavy (non-hydrogen) atoms. The molecule has 0 aromatic heterocycles. The summed E-state index contributed by atoms with van der Waals surface area (Å²) in [6.45, 7) is 11.3. The van der Waals surface area contributed by atoms with Crippen molar-refractivity contribution in [3.63, 3.8) is 0 Å². The summed E-state index contributed by atoms with van der Waals surface area (Å²) < 4.78 is 7.13. The summed E-state index contributed by atoms with van der Waals surface area (Å²) in [4.78, 5) is 0. The van der Waals surface area contributed by atoms with Gasteiger partial charge in [0.05, 0.1) is 17.8 Å². The van der Waals surface area contributed by atoms with Crippen molar-refractivity contribution in [2.45, 2.75) is 116 Å². The Kier molecular flexibility index (Phi) is 4.21. The number of hydrogen-bond donors (Lipinski definition) is 2. The van der Waals surface area contributed by atoms with Gasteiger partial charge in [-0.25, -0.2) is 0 Å². The second-order valence-corrected chi connectivity index (χ2v) is 14.2. The molecule has 7 rings (SSSR count). The molecular formula is C29H45NO2. The molecule has 2 spiro atoms. The van der Waals surface area contributed by atoms with E-state index in [1.54, 1.807) is 5.57 Å². The Hall–Kier alpha value is -0.380. The fraction of sp³-hybridized carbons (Fsp3) is 0.931. The number of ether oxygens (including phenoxy) is 1. The van der Waals surface area contributed by atoms with E-state index in [2.05, 4.69) is 39.1 Å². The zero-order chi connectivity index (χ0) is 22.1. The number of hydrogen-bond acceptors (Lipinski definition) is 3. The maximum atomic E-state index is 10.3. The predicted molar refractivity (Wildman–Crippen MR) is 127 cm³/mol. The molecule has 2 aliphatic heterocycles. The summed E-state index contributed by atoms with van der Waals surface area (Å²) in [5.41, 5.74) is 3.14. The average molecular weight is 440 g/mol. The molecule has 2 saturated heterocycles. The second-order valence-electron chi connectivity index (χ2n) is 14.2. The monoisotopic (exact) mass is 439 g/mol. The van der Waals surface area contributed by atoms with Crippen LogP contribution < -0.4 is 5.32 Å². The largest absolute Gasteiger partial charge is 0.389 e. The van der Waals surface area contributed by atoms with E-state index < -0.39 is 0 Å². The third-order valence-electron chi connectivity index (χ3n) is 12.8. The van der Waals surface area contributed by atoms with Crippen molar-refractivity contribution < 1.29 is 9.84 Å². The first-order valence-corrected chi connectivity index (χ1v) is 14.0. The van der Waals surface area contributed by atoms with Gasteiger partial charge in [0.1, 0.15) is 0 Å². The number of aliphatic hydroxyl groups excluding tert-OH is 1. The number of aliphatic hydroxyl groups is 1. The van der Waals surface area contributed by atoms with Gasteiger partial charge in [-0.05, 0) is 111 Å². The van der Waals surface area contributed by atoms with Gasteiger partial charge in [0.15, 0.2) is 0 Å².